The van der Waals surface area contributed by atoms with Gasteiger partial charge in [-0.2, -0.15) is 13.2 Å². The number of halogens is 3. The Hall–Kier alpha value is -2.25. The number of nitrogens with one attached hydrogen (secondary N) is 1. The zero-order valence-corrected chi connectivity index (χ0v) is 14.3. The van der Waals surface area contributed by atoms with Crippen LogP contribution in [0.1, 0.15) is 36.7 Å². The molecule has 1 aromatic carbocycles. The lowest BCUT2D eigenvalue weighted by molar-refractivity contribution is -0.137. The molecule has 1 heterocycles. The molecule has 1 aliphatic heterocycles. The van der Waals surface area contributed by atoms with Crippen LogP contribution in [0.5, 0.6) is 0 Å². The molecule has 1 N–H and O–H groups in total. The number of rotatable bonds is 3. The molecule has 138 valence electrons. The van der Waals surface area contributed by atoms with Crippen molar-refractivity contribution in [3.05, 3.63) is 35.4 Å². The van der Waals surface area contributed by atoms with Crippen molar-refractivity contribution < 1.29 is 27.5 Å². The Morgan fingerprint density at radius 3 is 2.36 bits per heavy atom. The van der Waals surface area contributed by atoms with Crippen LogP contribution in [0.3, 0.4) is 0 Å². The van der Waals surface area contributed by atoms with E-state index in [1.54, 1.807) is 20.8 Å². The van der Waals surface area contributed by atoms with Crippen LogP contribution in [0, 0.1) is 5.92 Å². The predicted octanol–water partition coefficient (Wildman–Crippen LogP) is 3.30. The van der Waals surface area contributed by atoms with Crippen molar-refractivity contribution in [1.82, 2.24) is 10.2 Å². The van der Waals surface area contributed by atoms with Crippen molar-refractivity contribution >= 4 is 12.0 Å². The summed E-state index contributed by atoms with van der Waals surface area (Å²) < 4.78 is 44.0. The van der Waals surface area contributed by atoms with Crippen LogP contribution in [0.25, 0.3) is 0 Å². The molecule has 8 heteroatoms. The second kappa shape index (κ2) is 6.93. The minimum absolute atomic E-state index is 0.00508. The summed E-state index contributed by atoms with van der Waals surface area (Å²) in [5, 5.41) is 2.50. The van der Waals surface area contributed by atoms with Gasteiger partial charge in [0.05, 0.1) is 11.1 Å². The highest BCUT2D eigenvalue weighted by Gasteiger charge is 2.36. The van der Waals surface area contributed by atoms with E-state index in [4.69, 9.17) is 4.74 Å². The highest BCUT2D eigenvalue weighted by atomic mass is 19.4. The molecule has 0 spiro atoms. The van der Waals surface area contributed by atoms with Crippen LogP contribution in [0.2, 0.25) is 0 Å². The second-order valence-electron chi connectivity index (χ2n) is 7.00. The SMILES string of the molecule is CC(C)(C)OC(=O)N1CC(CNC(=O)c2ccccc2C(F)(F)F)C1. The zero-order valence-electron chi connectivity index (χ0n) is 14.3. The fourth-order valence-corrected chi connectivity index (χ4v) is 2.44. The summed E-state index contributed by atoms with van der Waals surface area (Å²) in [6, 6.07) is 4.65. The van der Waals surface area contributed by atoms with Gasteiger partial charge in [-0.05, 0) is 32.9 Å². The smallest absolute Gasteiger partial charge is 0.417 e. The van der Waals surface area contributed by atoms with Crippen molar-refractivity contribution in [3.8, 4) is 0 Å². The van der Waals surface area contributed by atoms with Gasteiger partial charge >= 0.3 is 12.3 Å². The molecule has 0 atom stereocenters. The third-order valence-corrected chi connectivity index (χ3v) is 3.64. The molecule has 0 aliphatic carbocycles. The number of hydrogen-bond acceptors (Lipinski definition) is 3. The molecule has 1 saturated heterocycles. The number of likely N-dealkylation sites (tertiary alicyclic amines) is 1. The van der Waals surface area contributed by atoms with E-state index >= 15 is 0 Å². The lowest BCUT2D eigenvalue weighted by atomic mass is 10.0. The third-order valence-electron chi connectivity index (χ3n) is 3.64. The van der Waals surface area contributed by atoms with E-state index in [1.165, 1.54) is 17.0 Å². The number of alkyl halides is 3. The van der Waals surface area contributed by atoms with Crippen LogP contribution in [-0.4, -0.2) is 42.1 Å². The van der Waals surface area contributed by atoms with Crippen molar-refractivity contribution in [3.63, 3.8) is 0 Å². The molecule has 2 amide bonds. The molecule has 0 bridgehead atoms. The molecule has 25 heavy (non-hydrogen) atoms. The van der Waals surface area contributed by atoms with E-state index in [0.717, 1.165) is 12.1 Å². The van der Waals surface area contributed by atoms with Crippen LogP contribution >= 0.6 is 0 Å². The van der Waals surface area contributed by atoms with Crippen molar-refractivity contribution in [2.45, 2.75) is 32.5 Å². The van der Waals surface area contributed by atoms with E-state index in [-0.39, 0.29) is 12.5 Å². The molecule has 0 saturated carbocycles. The maximum Gasteiger partial charge on any atom is 0.417 e. The lowest BCUT2D eigenvalue weighted by Crippen LogP contribution is -2.54. The van der Waals surface area contributed by atoms with Gasteiger partial charge in [0, 0.05) is 25.6 Å². The Kier molecular flexibility index (Phi) is 5.29. The normalized spacial score (nSPS) is 15.5. The molecule has 1 fully saturated rings. The molecular weight excluding hydrogens is 337 g/mol. The maximum absolute atomic E-state index is 12.9. The van der Waals surface area contributed by atoms with Crippen LogP contribution in [0.4, 0.5) is 18.0 Å². The summed E-state index contributed by atoms with van der Waals surface area (Å²) in [6.07, 6.45) is -5.02. The largest absolute Gasteiger partial charge is 0.444 e. The Bertz CT molecular complexity index is 647. The predicted molar refractivity (Wildman–Crippen MR) is 85.1 cm³/mol. The minimum atomic E-state index is -4.59. The fourth-order valence-electron chi connectivity index (χ4n) is 2.44. The van der Waals surface area contributed by atoms with E-state index in [2.05, 4.69) is 5.32 Å². The van der Waals surface area contributed by atoms with Gasteiger partial charge in [-0.25, -0.2) is 4.79 Å². The highest BCUT2D eigenvalue weighted by Crippen LogP contribution is 2.31. The van der Waals surface area contributed by atoms with E-state index in [1.807, 2.05) is 0 Å². The summed E-state index contributed by atoms with van der Waals surface area (Å²) in [7, 11) is 0. The summed E-state index contributed by atoms with van der Waals surface area (Å²) in [6.45, 7) is 6.29. The van der Waals surface area contributed by atoms with Gasteiger partial charge in [0.25, 0.3) is 5.91 Å². The van der Waals surface area contributed by atoms with Crippen LogP contribution < -0.4 is 5.32 Å². The van der Waals surface area contributed by atoms with Gasteiger partial charge < -0.3 is 15.0 Å². The molecule has 1 aromatic rings. The van der Waals surface area contributed by atoms with Gasteiger partial charge in [-0.15, -0.1) is 0 Å². The summed E-state index contributed by atoms with van der Waals surface area (Å²) in [5.41, 5.74) is -1.95. The Morgan fingerprint density at radius 1 is 1.20 bits per heavy atom. The highest BCUT2D eigenvalue weighted by molar-refractivity contribution is 5.95. The molecule has 0 radical (unpaired) electrons. The first-order valence-electron chi connectivity index (χ1n) is 7.90. The van der Waals surface area contributed by atoms with E-state index in [0.29, 0.717) is 13.1 Å². The lowest BCUT2D eigenvalue weighted by Gasteiger charge is -2.39. The Labute approximate surface area is 144 Å². The number of carbonyl (C=O) groups is 2. The van der Waals surface area contributed by atoms with Crippen LogP contribution in [0.15, 0.2) is 24.3 Å². The summed E-state index contributed by atoms with van der Waals surface area (Å²) in [5.74, 6) is -0.779. The molecular formula is C17H21F3N2O3. The minimum Gasteiger partial charge on any atom is -0.444 e. The van der Waals surface area contributed by atoms with Gasteiger partial charge in [-0.3, -0.25) is 4.79 Å². The van der Waals surface area contributed by atoms with Crippen molar-refractivity contribution in [1.29, 1.82) is 0 Å². The van der Waals surface area contributed by atoms with E-state index < -0.39 is 34.9 Å². The number of ether oxygens (including phenoxy) is 1. The molecule has 0 aromatic heterocycles. The molecule has 2 rings (SSSR count). The second-order valence-corrected chi connectivity index (χ2v) is 7.00. The standard InChI is InChI=1S/C17H21F3N2O3/c1-16(2,3)25-15(24)22-9-11(10-22)8-21-14(23)12-6-4-5-7-13(12)17(18,19)20/h4-7,11H,8-10H2,1-3H3,(H,21,23). The number of benzene rings is 1. The quantitative estimate of drug-likeness (QED) is 0.902. The van der Waals surface area contributed by atoms with E-state index in [9.17, 15) is 22.8 Å². The number of amides is 2. The first-order valence-corrected chi connectivity index (χ1v) is 7.90. The fraction of sp³-hybridized carbons (Fsp3) is 0.529. The van der Waals surface area contributed by atoms with Gasteiger partial charge in [-0.1, -0.05) is 12.1 Å². The zero-order chi connectivity index (χ0) is 18.8. The number of hydrogen-bond donors (Lipinski definition) is 1. The average molecular weight is 358 g/mol. The first kappa shape index (κ1) is 19.1. The van der Waals surface area contributed by atoms with Crippen LogP contribution in [-0.2, 0) is 10.9 Å². The Balaban J connectivity index is 1.84. The molecule has 5 nitrogen and oxygen atoms in total. The molecule has 0 unspecified atom stereocenters. The number of carbonyl (C=O) groups excluding carboxylic acids is 2. The third kappa shape index (κ3) is 5.11. The summed E-state index contributed by atoms with van der Waals surface area (Å²) >= 11 is 0. The topological polar surface area (TPSA) is 58.6 Å². The molecule has 1 aliphatic rings. The maximum atomic E-state index is 12.9. The first-order chi connectivity index (χ1) is 11.5. The van der Waals surface area contributed by atoms with Gasteiger partial charge in [0.15, 0.2) is 0 Å². The Morgan fingerprint density at radius 2 is 1.80 bits per heavy atom. The average Bonchev–Trinajstić information content (AvgIpc) is 2.42. The van der Waals surface area contributed by atoms with Crippen molar-refractivity contribution in [2.24, 2.45) is 5.92 Å². The van der Waals surface area contributed by atoms with Gasteiger partial charge in [0.2, 0.25) is 0 Å². The van der Waals surface area contributed by atoms with Gasteiger partial charge in [0.1, 0.15) is 5.60 Å². The van der Waals surface area contributed by atoms with Crippen molar-refractivity contribution in [2.75, 3.05) is 19.6 Å². The summed E-state index contributed by atoms with van der Waals surface area (Å²) in [4.78, 5) is 25.3. The number of nitrogens with zero attached hydrogens (tertiary/aromatic N) is 1. The monoisotopic (exact) mass is 358 g/mol.